The van der Waals surface area contributed by atoms with Crippen LogP contribution in [0, 0.1) is 5.92 Å². The van der Waals surface area contributed by atoms with Gasteiger partial charge in [-0.3, -0.25) is 4.79 Å². The Hall–Kier alpha value is -0.220. The van der Waals surface area contributed by atoms with Crippen LogP contribution in [0.15, 0.2) is 4.99 Å². The van der Waals surface area contributed by atoms with Crippen LogP contribution in [0.1, 0.15) is 33.1 Å². The zero-order chi connectivity index (χ0) is 17.6. The zero-order valence-electron chi connectivity index (χ0n) is 15.8. The second-order valence-corrected chi connectivity index (χ2v) is 8.50. The lowest BCUT2D eigenvalue weighted by atomic mass is 9.90. The minimum absolute atomic E-state index is 0. The maximum absolute atomic E-state index is 11.8. The predicted octanol–water partition coefficient (Wildman–Crippen LogP) is 1.94. The quantitative estimate of drug-likeness (QED) is 0.355. The molecule has 0 saturated carbocycles. The summed E-state index contributed by atoms with van der Waals surface area (Å²) in [4.78, 5) is 17.9. The summed E-state index contributed by atoms with van der Waals surface area (Å²) in [5, 5.41) is 6.90. The highest BCUT2D eigenvalue weighted by Gasteiger charge is 2.40. The number of carbonyl (C=O) groups is 1. The molecule has 25 heavy (non-hydrogen) atoms. The molecule has 0 aromatic carbocycles. The van der Waals surface area contributed by atoms with Crippen molar-refractivity contribution < 1.29 is 9.53 Å². The number of hydrogen-bond acceptors (Lipinski definition) is 4. The van der Waals surface area contributed by atoms with Crippen molar-refractivity contribution in [3.8, 4) is 0 Å². The van der Waals surface area contributed by atoms with Crippen LogP contribution in [0.5, 0.6) is 0 Å². The summed E-state index contributed by atoms with van der Waals surface area (Å²) in [6.45, 7) is 6.13. The number of ether oxygens (including phenoxy) is 1. The van der Waals surface area contributed by atoms with E-state index in [0.29, 0.717) is 12.0 Å². The van der Waals surface area contributed by atoms with E-state index in [-0.39, 0.29) is 42.0 Å². The van der Waals surface area contributed by atoms with Crippen molar-refractivity contribution in [3.63, 3.8) is 0 Å². The van der Waals surface area contributed by atoms with Gasteiger partial charge in [-0.2, -0.15) is 11.8 Å². The van der Waals surface area contributed by atoms with Crippen molar-refractivity contribution in [2.45, 2.75) is 44.8 Å². The summed E-state index contributed by atoms with van der Waals surface area (Å²) in [7, 11) is 3.51. The molecule has 0 aliphatic carbocycles. The van der Waals surface area contributed by atoms with E-state index in [1.807, 2.05) is 11.8 Å². The van der Waals surface area contributed by atoms with Gasteiger partial charge in [-0.05, 0) is 30.9 Å². The molecule has 8 heteroatoms. The standard InChI is InChI=1S/C17H32N4O2S.HI/c1-13(2)10-18-16(19-11-15(22)21(3)4)20-14-5-7-23-17(9-14)6-8-24-12-17;/h13-14H,5-12H2,1-4H3,(H2,18,19,20);1H. The molecule has 2 heterocycles. The van der Waals surface area contributed by atoms with Crippen molar-refractivity contribution in [2.75, 3.05) is 45.3 Å². The van der Waals surface area contributed by atoms with Crippen LogP contribution in [0.25, 0.3) is 0 Å². The molecule has 2 saturated heterocycles. The summed E-state index contributed by atoms with van der Waals surface area (Å²) < 4.78 is 6.08. The Morgan fingerprint density at radius 3 is 2.80 bits per heavy atom. The van der Waals surface area contributed by atoms with Gasteiger partial charge in [0.25, 0.3) is 0 Å². The monoisotopic (exact) mass is 484 g/mol. The molecule has 0 aromatic heterocycles. The SMILES string of the molecule is CC(C)CNC(=NCC(=O)N(C)C)NC1CCOC2(CCSC2)C1.I. The van der Waals surface area contributed by atoms with Gasteiger partial charge in [0.15, 0.2) is 5.96 Å². The summed E-state index contributed by atoms with van der Waals surface area (Å²) in [5.41, 5.74) is 0.0448. The number of halogens is 1. The van der Waals surface area contributed by atoms with Gasteiger partial charge in [-0.1, -0.05) is 13.8 Å². The van der Waals surface area contributed by atoms with Crippen LogP contribution in [0.4, 0.5) is 0 Å². The van der Waals surface area contributed by atoms with E-state index in [2.05, 4.69) is 29.5 Å². The Morgan fingerprint density at radius 1 is 1.44 bits per heavy atom. The number of aliphatic imine (C=N–C) groups is 1. The predicted molar refractivity (Wildman–Crippen MR) is 116 cm³/mol. The first-order chi connectivity index (χ1) is 11.4. The molecule has 2 aliphatic rings. The average Bonchev–Trinajstić information content (AvgIpc) is 2.97. The molecule has 2 unspecified atom stereocenters. The smallest absolute Gasteiger partial charge is 0.243 e. The summed E-state index contributed by atoms with van der Waals surface area (Å²) in [6, 6.07) is 0.352. The number of rotatable bonds is 5. The first-order valence-electron chi connectivity index (χ1n) is 8.87. The van der Waals surface area contributed by atoms with Gasteiger partial charge >= 0.3 is 0 Å². The first-order valence-corrected chi connectivity index (χ1v) is 10.0. The molecule has 1 spiro atoms. The van der Waals surface area contributed by atoms with Crippen LogP contribution in [0.2, 0.25) is 0 Å². The van der Waals surface area contributed by atoms with E-state index in [0.717, 1.165) is 44.1 Å². The minimum Gasteiger partial charge on any atom is -0.374 e. The Morgan fingerprint density at radius 2 is 2.20 bits per heavy atom. The largest absolute Gasteiger partial charge is 0.374 e. The maximum atomic E-state index is 11.8. The third-order valence-electron chi connectivity index (χ3n) is 4.45. The number of thioether (sulfide) groups is 1. The minimum atomic E-state index is 0. The molecule has 0 radical (unpaired) electrons. The van der Waals surface area contributed by atoms with Gasteiger partial charge in [0, 0.05) is 39.0 Å². The van der Waals surface area contributed by atoms with Gasteiger partial charge < -0.3 is 20.3 Å². The number of hydrogen-bond donors (Lipinski definition) is 2. The normalized spacial score (nSPS) is 26.4. The molecule has 146 valence electrons. The fraction of sp³-hybridized carbons (Fsp3) is 0.882. The van der Waals surface area contributed by atoms with Gasteiger partial charge in [0.05, 0.1) is 5.60 Å². The highest BCUT2D eigenvalue weighted by atomic mass is 127. The van der Waals surface area contributed by atoms with E-state index in [4.69, 9.17) is 4.74 Å². The van der Waals surface area contributed by atoms with Crippen molar-refractivity contribution in [2.24, 2.45) is 10.9 Å². The lowest BCUT2D eigenvalue weighted by Crippen LogP contribution is -2.52. The number of carbonyl (C=O) groups excluding carboxylic acids is 1. The maximum Gasteiger partial charge on any atom is 0.243 e. The van der Waals surface area contributed by atoms with Gasteiger partial charge in [0.1, 0.15) is 6.54 Å². The Labute approximate surface area is 173 Å². The third-order valence-corrected chi connectivity index (χ3v) is 5.67. The molecule has 2 atom stereocenters. The van der Waals surface area contributed by atoms with Crippen molar-refractivity contribution in [1.82, 2.24) is 15.5 Å². The molecule has 2 aliphatic heterocycles. The fourth-order valence-electron chi connectivity index (χ4n) is 2.95. The fourth-order valence-corrected chi connectivity index (χ4v) is 4.33. The van der Waals surface area contributed by atoms with Gasteiger partial charge in [0.2, 0.25) is 5.91 Å². The molecule has 0 aromatic rings. The summed E-state index contributed by atoms with van der Waals surface area (Å²) in [6.07, 6.45) is 3.14. The van der Waals surface area contributed by atoms with Gasteiger partial charge in [-0.15, -0.1) is 24.0 Å². The van der Waals surface area contributed by atoms with E-state index < -0.39 is 0 Å². The number of likely N-dealkylation sites (N-methyl/N-ethyl adjacent to an activating group) is 1. The Bertz CT molecular complexity index is 454. The number of nitrogens with one attached hydrogen (secondary N) is 2. The molecular weight excluding hydrogens is 451 g/mol. The molecule has 2 N–H and O–H groups in total. The summed E-state index contributed by atoms with van der Waals surface area (Å²) in [5.74, 6) is 3.56. The molecule has 2 fully saturated rings. The zero-order valence-corrected chi connectivity index (χ0v) is 19.0. The molecule has 2 rings (SSSR count). The van der Waals surface area contributed by atoms with Crippen LogP contribution in [-0.2, 0) is 9.53 Å². The molecular formula is C17H33IN4O2S. The van der Waals surface area contributed by atoms with Crippen molar-refractivity contribution in [3.05, 3.63) is 0 Å². The van der Waals surface area contributed by atoms with Gasteiger partial charge in [-0.25, -0.2) is 4.99 Å². The summed E-state index contributed by atoms with van der Waals surface area (Å²) >= 11 is 1.98. The van der Waals surface area contributed by atoms with Crippen LogP contribution < -0.4 is 10.6 Å². The molecule has 6 nitrogen and oxygen atoms in total. The Balaban J connectivity index is 0.00000312. The van der Waals surface area contributed by atoms with Crippen molar-refractivity contribution in [1.29, 1.82) is 0 Å². The van der Waals surface area contributed by atoms with Crippen molar-refractivity contribution >= 4 is 47.6 Å². The first kappa shape index (κ1) is 22.8. The number of amides is 1. The highest BCUT2D eigenvalue weighted by Crippen LogP contribution is 2.38. The molecule has 0 bridgehead atoms. The highest BCUT2D eigenvalue weighted by molar-refractivity contribution is 14.0. The van der Waals surface area contributed by atoms with E-state index in [1.165, 1.54) is 5.75 Å². The van der Waals surface area contributed by atoms with Crippen LogP contribution >= 0.6 is 35.7 Å². The third kappa shape index (κ3) is 7.50. The second kappa shape index (κ2) is 10.8. The lowest BCUT2D eigenvalue weighted by Gasteiger charge is -2.38. The second-order valence-electron chi connectivity index (χ2n) is 7.40. The van der Waals surface area contributed by atoms with Crippen LogP contribution in [-0.4, -0.2) is 73.7 Å². The van der Waals surface area contributed by atoms with E-state index in [9.17, 15) is 4.79 Å². The topological polar surface area (TPSA) is 66.0 Å². The molecule has 1 amide bonds. The lowest BCUT2D eigenvalue weighted by molar-refractivity contribution is -0.127. The Kier molecular flexibility index (Phi) is 9.87. The van der Waals surface area contributed by atoms with E-state index >= 15 is 0 Å². The number of guanidine groups is 1. The van der Waals surface area contributed by atoms with E-state index in [1.54, 1.807) is 19.0 Å². The number of nitrogens with zero attached hydrogens (tertiary/aromatic N) is 2. The van der Waals surface area contributed by atoms with Crippen LogP contribution in [0.3, 0.4) is 0 Å². The average molecular weight is 484 g/mol.